The molecule has 0 fully saturated rings. The number of carbonyl (C=O) groups is 2. The molecule has 1 rings (SSSR count). The number of carbonyl (C=O) groups excluding carboxylic acids is 1. The standard InChI is InChI=1S/C12H14AtFN4O4/c1-22-10-5(3(15)2-4(16)12(20)21)9(17)8(14)7(13)6(10)11(18)19/h4,15H,2,16-17H2,1H3,(H2,18,19)(H,20,21). The second kappa shape index (κ2) is 6.98. The number of hydrogen-bond acceptors (Lipinski definition) is 6. The number of rotatable bonds is 6. The Morgan fingerprint density at radius 2 is 2.00 bits per heavy atom. The maximum atomic E-state index is 14.2. The Bertz CT molecular complexity index is 665. The van der Waals surface area contributed by atoms with Gasteiger partial charge in [0.15, 0.2) is 0 Å². The zero-order valence-corrected chi connectivity index (χ0v) is 14.4. The van der Waals surface area contributed by atoms with Crippen LogP contribution >= 0.6 is 0 Å². The molecule has 0 spiro atoms. The van der Waals surface area contributed by atoms with Gasteiger partial charge in [0.1, 0.15) is 0 Å². The fraction of sp³-hybridized carbons (Fsp3) is 0.250. The first-order chi connectivity index (χ1) is 10.1. The van der Waals surface area contributed by atoms with E-state index in [0.717, 1.165) is 24.7 Å². The van der Waals surface area contributed by atoms with Crippen LogP contribution in [0.2, 0.25) is 0 Å². The molecular formula is C12H14AtFN4O4. The van der Waals surface area contributed by atoms with Crippen LogP contribution in [0.15, 0.2) is 0 Å². The summed E-state index contributed by atoms with van der Waals surface area (Å²) in [4.78, 5) is 22.3. The monoisotopic (exact) mass is 507 g/mol. The number of anilines is 1. The molecule has 8 nitrogen and oxygen atoms in total. The molecule has 0 aliphatic carbocycles. The number of halogens is 1. The van der Waals surface area contributed by atoms with Crippen molar-refractivity contribution in [2.24, 2.45) is 11.5 Å². The number of methoxy groups -OCH3 is 1. The fourth-order valence-electron chi connectivity index (χ4n) is 1.82. The number of primary amides is 1. The summed E-state index contributed by atoms with van der Waals surface area (Å²) in [6.45, 7) is 0. The van der Waals surface area contributed by atoms with E-state index in [0.29, 0.717) is 0 Å². The maximum absolute atomic E-state index is 14.2. The quantitative estimate of drug-likeness (QED) is 0.241. The van der Waals surface area contributed by atoms with Crippen molar-refractivity contribution in [3.05, 3.63) is 16.9 Å². The summed E-state index contributed by atoms with van der Waals surface area (Å²) < 4.78 is 19.2. The van der Waals surface area contributed by atoms with E-state index < -0.39 is 35.8 Å². The van der Waals surface area contributed by atoms with Crippen LogP contribution in [0.3, 0.4) is 0 Å². The van der Waals surface area contributed by atoms with Gasteiger partial charge in [-0.15, -0.1) is 0 Å². The molecule has 0 saturated carbocycles. The van der Waals surface area contributed by atoms with E-state index in [9.17, 15) is 14.0 Å². The zero-order chi connectivity index (χ0) is 17.2. The van der Waals surface area contributed by atoms with E-state index >= 15 is 0 Å². The first-order valence-corrected chi connectivity index (χ1v) is 7.30. The second-order valence-corrected chi connectivity index (χ2v) is 5.79. The molecule has 0 radical (unpaired) electrons. The van der Waals surface area contributed by atoms with Gasteiger partial charge in [-0.05, 0) is 0 Å². The summed E-state index contributed by atoms with van der Waals surface area (Å²) in [7, 11) is 1.21. The Hall–Kier alpha value is -1.80. The molecule has 1 aromatic carbocycles. The van der Waals surface area contributed by atoms with Crippen LogP contribution in [-0.4, -0.2) is 35.8 Å². The third kappa shape index (κ3) is 3.33. The van der Waals surface area contributed by atoms with E-state index in [1.807, 2.05) is 0 Å². The molecule has 1 aromatic rings. The van der Waals surface area contributed by atoms with Crippen molar-refractivity contribution in [2.75, 3.05) is 12.8 Å². The molecular weight excluding hydrogens is 493 g/mol. The summed E-state index contributed by atoms with van der Waals surface area (Å²) in [5.41, 5.74) is 15.0. The number of amides is 1. The molecule has 0 aromatic heterocycles. The van der Waals surface area contributed by atoms with Crippen molar-refractivity contribution in [3.8, 4) is 5.75 Å². The minimum atomic E-state index is -1.37. The van der Waals surface area contributed by atoms with E-state index in [1.165, 1.54) is 7.11 Å². The Morgan fingerprint density at radius 3 is 2.41 bits per heavy atom. The van der Waals surface area contributed by atoms with Gasteiger partial charge < -0.3 is 0 Å². The Morgan fingerprint density at radius 1 is 1.45 bits per heavy atom. The average molecular weight is 507 g/mol. The van der Waals surface area contributed by atoms with Gasteiger partial charge >= 0.3 is 140 Å². The van der Waals surface area contributed by atoms with E-state index in [1.54, 1.807) is 0 Å². The van der Waals surface area contributed by atoms with Gasteiger partial charge in [0.05, 0.1) is 0 Å². The number of benzene rings is 1. The van der Waals surface area contributed by atoms with Crippen LogP contribution in [0.5, 0.6) is 5.75 Å². The number of nitrogens with two attached hydrogens (primary N) is 3. The summed E-state index contributed by atoms with van der Waals surface area (Å²) >= 11 is 0.834. The predicted octanol–water partition coefficient (Wildman–Crippen LogP) is -1.14. The van der Waals surface area contributed by atoms with Crippen molar-refractivity contribution >= 4 is 26.5 Å². The van der Waals surface area contributed by atoms with E-state index in [4.69, 9.17) is 32.5 Å². The Balaban J connectivity index is 3.56. The summed E-state index contributed by atoms with van der Waals surface area (Å²) in [6, 6.07) is -1.37. The zero-order valence-electron chi connectivity index (χ0n) is 11.4. The number of nitrogen functional groups attached to an aromatic ring is 1. The van der Waals surface area contributed by atoms with Crippen LogP contribution in [-0.2, 0) is 4.79 Å². The number of hydrogen-bond donors (Lipinski definition) is 5. The molecule has 0 aliphatic rings. The van der Waals surface area contributed by atoms with Crippen LogP contribution in [0.25, 0.3) is 0 Å². The molecule has 0 aliphatic heterocycles. The first kappa shape index (κ1) is 18.3. The van der Waals surface area contributed by atoms with Crippen LogP contribution in [0.1, 0.15) is 22.3 Å². The fourth-order valence-corrected chi connectivity index (χ4v) is 2.91. The first-order valence-electron chi connectivity index (χ1n) is 5.83. The topological polar surface area (TPSA) is 166 Å². The Kier molecular flexibility index (Phi) is 5.79. The van der Waals surface area contributed by atoms with Crippen LogP contribution < -0.4 is 25.2 Å². The van der Waals surface area contributed by atoms with Gasteiger partial charge in [0.2, 0.25) is 0 Å². The number of aliphatic carboxylic acids is 1. The third-order valence-corrected chi connectivity index (χ3v) is 4.25. The molecule has 1 unspecified atom stereocenters. The molecule has 120 valence electrons. The molecule has 8 N–H and O–H groups in total. The van der Waals surface area contributed by atoms with E-state index in [-0.39, 0.29) is 25.9 Å². The molecule has 1 atom stereocenters. The van der Waals surface area contributed by atoms with Crippen molar-refractivity contribution < 1.29 is 48.5 Å². The SMILES string of the molecule is COc1c(C(=N)CC(N)C(=O)O)c(N)c(F)c([At])c1C(N)=O. The average Bonchev–Trinajstić information content (AvgIpc) is 2.43. The Labute approximate surface area is 140 Å². The molecule has 0 bridgehead atoms. The van der Waals surface area contributed by atoms with Gasteiger partial charge in [-0.3, -0.25) is 0 Å². The summed E-state index contributed by atoms with van der Waals surface area (Å²) in [5.74, 6) is -3.32. The molecule has 22 heavy (non-hydrogen) atoms. The van der Waals surface area contributed by atoms with Crippen LogP contribution in [0.4, 0.5) is 10.1 Å². The molecule has 0 saturated heterocycles. The van der Waals surface area contributed by atoms with Gasteiger partial charge in [0, 0.05) is 0 Å². The minimum absolute atomic E-state index is 0.0547. The number of nitrogens with one attached hydrogen (secondary N) is 1. The van der Waals surface area contributed by atoms with Gasteiger partial charge in [-0.25, -0.2) is 0 Å². The van der Waals surface area contributed by atoms with Gasteiger partial charge in [0.25, 0.3) is 0 Å². The predicted molar refractivity (Wildman–Crippen MR) is 72.6 cm³/mol. The second-order valence-electron chi connectivity index (χ2n) is 4.32. The molecule has 1 amide bonds. The summed E-state index contributed by atoms with van der Waals surface area (Å²) in [6.07, 6.45) is -0.416. The normalized spacial score (nSPS) is 11.8. The molecule has 10 heteroatoms. The number of ether oxygens (including phenoxy) is 1. The third-order valence-electron chi connectivity index (χ3n) is 2.87. The van der Waals surface area contributed by atoms with Crippen molar-refractivity contribution in [1.82, 2.24) is 0 Å². The van der Waals surface area contributed by atoms with E-state index in [2.05, 4.69) is 0 Å². The van der Waals surface area contributed by atoms with Crippen molar-refractivity contribution in [1.29, 1.82) is 5.41 Å². The number of carboxylic acids is 1. The molecule has 0 heterocycles. The van der Waals surface area contributed by atoms with Gasteiger partial charge in [-0.2, -0.15) is 0 Å². The van der Waals surface area contributed by atoms with Gasteiger partial charge in [-0.1, -0.05) is 0 Å². The van der Waals surface area contributed by atoms with Crippen LogP contribution in [0, 0.1) is 35.9 Å². The number of carboxylic acid groups (broad SMARTS) is 1. The summed E-state index contributed by atoms with van der Waals surface area (Å²) in [5, 5.41) is 16.7. The van der Waals surface area contributed by atoms with Crippen molar-refractivity contribution in [2.45, 2.75) is 12.5 Å². The van der Waals surface area contributed by atoms with Crippen molar-refractivity contribution in [3.63, 3.8) is 0 Å².